The molecular formula is C26H33N3O3. The molecule has 0 atom stereocenters. The molecule has 32 heavy (non-hydrogen) atoms. The Morgan fingerprint density at radius 3 is 2.06 bits per heavy atom. The SMILES string of the molecule is C=N/C(=C(\N=C(C)N(CCCCOCC(=O)O)C(C)C)c1ccccc1)c1ccccc1. The van der Waals surface area contributed by atoms with Crippen molar-refractivity contribution in [3.63, 3.8) is 0 Å². The molecule has 0 radical (unpaired) electrons. The smallest absolute Gasteiger partial charge is 0.329 e. The van der Waals surface area contributed by atoms with E-state index in [1.54, 1.807) is 0 Å². The van der Waals surface area contributed by atoms with Crippen molar-refractivity contribution >= 4 is 29.9 Å². The quantitative estimate of drug-likeness (QED) is 0.215. The molecule has 0 aliphatic heterocycles. The number of carboxylic acids is 1. The highest BCUT2D eigenvalue weighted by Crippen LogP contribution is 2.29. The molecule has 0 saturated heterocycles. The minimum absolute atomic E-state index is 0.254. The summed E-state index contributed by atoms with van der Waals surface area (Å²) < 4.78 is 5.14. The fourth-order valence-electron chi connectivity index (χ4n) is 3.41. The van der Waals surface area contributed by atoms with Crippen LogP contribution >= 0.6 is 0 Å². The minimum atomic E-state index is -0.943. The number of benzene rings is 2. The third kappa shape index (κ3) is 7.78. The highest BCUT2D eigenvalue weighted by molar-refractivity contribution is 5.96. The first kappa shape index (κ1) is 25.0. The van der Waals surface area contributed by atoms with Gasteiger partial charge in [-0.15, -0.1) is 0 Å². The van der Waals surface area contributed by atoms with Crippen LogP contribution in [0.1, 0.15) is 44.7 Å². The van der Waals surface area contributed by atoms with E-state index in [2.05, 4.69) is 30.5 Å². The number of amidine groups is 1. The van der Waals surface area contributed by atoms with Gasteiger partial charge in [-0.1, -0.05) is 60.7 Å². The fraction of sp³-hybridized carbons (Fsp3) is 0.346. The molecule has 0 aliphatic carbocycles. The first-order chi connectivity index (χ1) is 15.4. The van der Waals surface area contributed by atoms with E-state index in [-0.39, 0.29) is 12.6 Å². The molecule has 0 heterocycles. The number of nitrogens with zero attached hydrogens (tertiary/aromatic N) is 3. The van der Waals surface area contributed by atoms with E-state index in [0.29, 0.717) is 6.61 Å². The molecule has 1 N–H and O–H groups in total. The van der Waals surface area contributed by atoms with Gasteiger partial charge < -0.3 is 14.7 Å². The molecule has 2 rings (SSSR count). The predicted octanol–water partition coefficient (Wildman–Crippen LogP) is 5.22. The molecule has 0 fully saturated rings. The maximum atomic E-state index is 10.6. The molecule has 2 aromatic carbocycles. The third-order valence-corrected chi connectivity index (χ3v) is 4.95. The van der Waals surface area contributed by atoms with Gasteiger partial charge in [-0.05, 0) is 40.3 Å². The molecule has 170 valence electrons. The van der Waals surface area contributed by atoms with Crippen molar-refractivity contribution in [3.8, 4) is 0 Å². The summed E-state index contributed by atoms with van der Waals surface area (Å²) in [5.74, 6) is -0.0514. The molecule has 0 bridgehead atoms. The maximum absolute atomic E-state index is 10.6. The zero-order chi connectivity index (χ0) is 23.3. The molecule has 0 amide bonds. The molecule has 0 unspecified atom stereocenters. The summed E-state index contributed by atoms with van der Waals surface area (Å²) >= 11 is 0. The third-order valence-electron chi connectivity index (χ3n) is 4.95. The summed E-state index contributed by atoms with van der Waals surface area (Å²) in [5, 5.41) is 8.66. The van der Waals surface area contributed by atoms with Crippen LogP contribution in [0.3, 0.4) is 0 Å². The highest BCUT2D eigenvalue weighted by atomic mass is 16.5. The van der Waals surface area contributed by atoms with Crippen molar-refractivity contribution in [1.82, 2.24) is 4.90 Å². The number of aliphatic imine (C=N–C) groups is 2. The van der Waals surface area contributed by atoms with Gasteiger partial charge in [0.05, 0.1) is 11.4 Å². The van der Waals surface area contributed by atoms with Crippen molar-refractivity contribution < 1.29 is 14.6 Å². The Morgan fingerprint density at radius 2 is 1.56 bits per heavy atom. The molecule has 6 nitrogen and oxygen atoms in total. The summed E-state index contributed by atoms with van der Waals surface area (Å²) in [6.45, 7) is 11.1. The molecule has 0 spiro atoms. The Hall–Kier alpha value is -3.25. The second-order valence-electron chi connectivity index (χ2n) is 7.69. The monoisotopic (exact) mass is 435 g/mol. The summed E-state index contributed by atoms with van der Waals surface area (Å²) in [4.78, 5) is 22.2. The predicted molar refractivity (Wildman–Crippen MR) is 132 cm³/mol. The standard InChI is InChI=1S/C26H33N3O3/c1-20(2)29(17-11-12-18-32-19-24(30)31)21(3)28-26(23-15-9-6-10-16-23)25(27-4)22-13-7-5-8-14-22/h5-10,13-16,20H,4,11-12,17-19H2,1-3H3,(H,30,31)/b26-25-,28-21?. The number of carboxylic acid groups (broad SMARTS) is 1. The molecule has 0 aliphatic rings. The summed E-state index contributed by atoms with van der Waals surface area (Å²) in [7, 11) is 0. The van der Waals surface area contributed by atoms with Gasteiger partial charge >= 0.3 is 5.97 Å². The van der Waals surface area contributed by atoms with Crippen molar-refractivity contribution in [2.75, 3.05) is 19.8 Å². The number of rotatable bonds is 12. The first-order valence-electron chi connectivity index (χ1n) is 10.9. The maximum Gasteiger partial charge on any atom is 0.329 e. The second-order valence-corrected chi connectivity index (χ2v) is 7.69. The Labute approximate surface area is 191 Å². The number of carbonyl (C=O) groups is 1. The number of aliphatic carboxylic acids is 1. The summed E-state index contributed by atoms with van der Waals surface area (Å²) in [5.41, 5.74) is 3.45. The number of unbranched alkanes of at least 4 members (excludes halogenated alkanes) is 1. The largest absolute Gasteiger partial charge is 0.480 e. The lowest BCUT2D eigenvalue weighted by Crippen LogP contribution is -2.36. The zero-order valence-corrected chi connectivity index (χ0v) is 19.2. The van der Waals surface area contributed by atoms with Crippen LogP contribution in [0, 0.1) is 0 Å². The fourth-order valence-corrected chi connectivity index (χ4v) is 3.41. The zero-order valence-electron chi connectivity index (χ0n) is 19.2. The van der Waals surface area contributed by atoms with Gasteiger partial charge in [-0.25, -0.2) is 9.79 Å². The van der Waals surface area contributed by atoms with Crippen molar-refractivity contribution in [2.45, 2.75) is 39.7 Å². The van der Waals surface area contributed by atoms with E-state index in [1.807, 2.05) is 67.6 Å². The average molecular weight is 436 g/mol. The lowest BCUT2D eigenvalue weighted by molar-refractivity contribution is -0.142. The van der Waals surface area contributed by atoms with Crippen LogP contribution < -0.4 is 0 Å². The van der Waals surface area contributed by atoms with E-state index in [1.165, 1.54) is 0 Å². The Bertz CT molecular complexity index is 922. The number of ether oxygens (including phenoxy) is 1. The van der Waals surface area contributed by atoms with Crippen LogP contribution in [0.15, 0.2) is 70.6 Å². The lowest BCUT2D eigenvalue weighted by Gasteiger charge is -2.29. The van der Waals surface area contributed by atoms with E-state index in [9.17, 15) is 4.79 Å². The summed E-state index contributed by atoms with van der Waals surface area (Å²) in [6.07, 6.45) is 1.66. The average Bonchev–Trinajstić information content (AvgIpc) is 2.79. The normalized spacial score (nSPS) is 12.4. The summed E-state index contributed by atoms with van der Waals surface area (Å²) in [6, 6.07) is 20.2. The Balaban J connectivity index is 2.30. The van der Waals surface area contributed by atoms with Gasteiger partial charge in [0.2, 0.25) is 0 Å². The second kappa shape index (κ2) is 13.2. The number of hydrogen-bond donors (Lipinski definition) is 1. The van der Waals surface area contributed by atoms with E-state index < -0.39 is 5.97 Å². The van der Waals surface area contributed by atoms with Crippen LogP contribution in [-0.4, -0.2) is 54.3 Å². The molecule has 0 aromatic heterocycles. The Kier molecular flexibility index (Phi) is 10.3. The van der Waals surface area contributed by atoms with Gasteiger partial charge in [0.15, 0.2) is 0 Å². The van der Waals surface area contributed by atoms with E-state index >= 15 is 0 Å². The van der Waals surface area contributed by atoms with Crippen LogP contribution in [-0.2, 0) is 9.53 Å². The van der Waals surface area contributed by atoms with Gasteiger partial charge in [0.1, 0.15) is 12.4 Å². The van der Waals surface area contributed by atoms with Gasteiger partial charge in [0, 0.05) is 30.3 Å². The van der Waals surface area contributed by atoms with Gasteiger partial charge in [0.25, 0.3) is 0 Å². The van der Waals surface area contributed by atoms with Crippen LogP contribution in [0.25, 0.3) is 11.4 Å². The molecular weight excluding hydrogens is 402 g/mol. The van der Waals surface area contributed by atoms with Crippen molar-refractivity contribution in [2.24, 2.45) is 9.98 Å². The van der Waals surface area contributed by atoms with Crippen molar-refractivity contribution in [3.05, 3.63) is 71.8 Å². The minimum Gasteiger partial charge on any atom is -0.480 e. The van der Waals surface area contributed by atoms with Gasteiger partial charge in [-0.2, -0.15) is 0 Å². The molecule has 6 heteroatoms. The first-order valence-corrected chi connectivity index (χ1v) is 10.9. The van der Waals surface area contributed by atoms with Crippen LogP contribution in [0.4, 0.5) is 0 Å². The van der Waals surface area contributed by atoms with Crippen LogP contribution in [0.5, 0.6) is 0 Å². The Morgan fingerprint density at radius 1 is 1.00 bits per heavy atom. The lowest BCUT2D eigenvalue weighted by atomic mass is 10.1. The number of hydrogen-bond acceptors (Lipinski definition) is 4. The van der Waals surface area contributed by atoms with Crippen molar-refractivity contribution in [1.29, 1.82) is 0 Å². The van der Waals surface area contributed by atoms with E-state index in [4.69, 9.17) is 14.8 Å². The highest BCUT2D eigenvalue weighted by Gasteiger charge is 2.15. The van der Waals surface area contributed by atoms with Gasteiger partial charge in [-0.3, -0.25) is 4.99 Å². The van der Waals surface area contributed by atoms with Crippen LogP contribution in [0.2, 0.25) is 0 Å². The topological polar surface area (TPSA) is 74.5 Å². The molecule has 2 aromatic rings. The van der Waals surface area contributed by atoms with E-state index in [0.717, 1.165) is 47.7 Å². The molecule has 0 saturated carbocycles.